The second-order valence-electron chi connectivity index (χ2n) is 6.15. The van der Waals surface area contributed by atoms with Gasteiger partial charge in [0.2, 0.25) is 11.8 Å². The molecule has 2 unspecified atom stereocenters. The highest BCUT2D eigenvalue weighted by Crippen LogP contribution is 2.18. The molecule has 0 saturated carbocycles. The summed E-state index contributed by atoms with van der Waals surface area (Å²) >= 11 is 0. The maximum absolute atomic E-state index is 12.2. The van der Waals surface area contributed by atoms with Gasteiger partial charge in [0, 0.05) is 18.5 Å². The minimum atomic E-state index is -0.345. The molecule has 1 fully saturated rings. The third-order valence-electron chi connectivity index (χ3n) is 4.26. The van der Waals surface area contributed by atoms with E-state index in [1.165, 1.54) is 0 Å². The number of anilines is 1. The molecule has 6 heteroatoms. The predicted molar refractivity (Wildman–Crippen MR) is 94.2 cm³/mol. The van der Waals surface area contributed by atoms with Crippen LogP contribution in [-0.2, 0) is 16.2 Å². The van der Waals surface area contributed by atoms with Crippen LogP contribution in [0.1, 0.15) is 18.9 Å². The Kier molecular flexibility index (Phi) is 5.40. The van der Waals surface area contributed by atoms with Gasteiger partial charge in [0.15, 0.2) is 0 Å². The number of pyridine rings is 1. The van der Waals surface area contributed by atoms with Crippen molar-refractivity contribution in [1.82, 2.24) is 10.3 Å². The molecule has 1 aliphatic heterocycles. The average Bonchev–Trinajstić information content (AvgIpc) is 3.13. The first-order valence-electron chi connectivity index (χ1n) is 8.29. The second kappa shape index (κ2) is 7.90. The third-order valence-corrected chi connectivity index (χ3v) is 4.26. The van der Waals surface area contributed by atoms with Gasteiger partial charge in [-0.2, -0.15) is 0 Å². The number of carbonyl (C=O) groups is 2. The second-order valence-corrected chi connectivity index (χ2v) is 6.15. The van der Waals surface area contributed by atoms with E-state index in [4.69, 9.17) is 4.74 Å². The van der Waals surface area contributed by atoms with Gasteiger partial charge in [0.25, 0.3) is 0 Å². The van der Waals surface area contributed by atoms with Crippen molar-refractivity contribution in [1.29, 1.82) is 0 Å². The van der Waals surface area contributed by atoms with Gasteiger partial charge in [-0.05, 0) is 25.0 Å². The first kappa shape index (κ1) is 17.1. The minimum absolute atomic E-state index is 0.0809. The summed E-state index contributed by atoms with van der Waals surface area (Å²) in [5.41, 5.74) is 1.67. The number of hydrogen-bond acceptors (Lipinski definition) is 5. The Morgan fingerprint density at radius 3 is 2.68 bits per heavy atom. The highest BCUT2D eigenvalue weighted by atomic mass is 16.5. The van der Waals surface area contributed by atoms with Crippen molar-refractivity contribution < 1.29 is 14.3 Å². The molecule has 1 aromatic heterocycles. The first-order valence-corrected chi connectivity index (χ1v) is 8.29. The normalized spacial score (nSPS) is 19.4. The number of amides is 1. The third kappa shape index (κ3) is 4.64. The molecule has 1 amide bonds. The molecule has 0 aliphatic carbocycles. The van der Waals surface area contributed by atoms with E-state index >= 15 is 0 Å². The molecule has 130 valence electrons. The zero-order valence-corrected chi connectivity index (χ0v) is 14.1. The zero-order valence-electron chi connectivity index (χ0n) is 14.1. The van der Waals surface area contributed by atoms with Gasteiger partial charge >= 0.3 is 0 Å². The lowest BCUT2D eigenvalue weighted by Crippen LogP contribution is -2.35. The molecular weight excluding hydrogens is 318 g/mol. The Bertz CT molecular complexity index is 731. The van der Waals surface area contributed by atoms with Gasteiger partial charge < -0.3 is 15.4 Å². The van der Waals surface area contributed by atoms with Gasteiger partial charge in [0.1, 0.15) is 12.4 Å². The minimum Gasteiger partial charge on any atom is -0.473 e. The number of Topliss-reactive ketones (excluding diaryl/α,β-unsaturated/α-hetero) is 1. The summed E-state index contributed by atoms with van der Waals surface area (Å²) in [6.45, 7) is 2.56. The number of rotatable bonds is 6. The lowest BCUT2D eigenvalue weighted by Gasteiger charge is -2.11. The fourth-order valence-electron chi connectivity index (χ4n) is 2.75. The van der Waals surface area contributed by atoms with E-state index in [0.29, 0.717) is 31.1 Å². The van der Waals surface area contributed by atoms with Crippen molar-refractivity contribution in [2.45, 2.75) is 26.0 Å². The van der Waals surface area contributed by atoms with Crippen LogP contribution in [-0.4, -0.2) is 29.3 Å². The average molecular weight is 339 g/mol. The van der Waals surface area contributed by atoms with Crippen LogP contribution in [0.5, 0.6) is 5.88 Å². The number of nitrogens with one attached hydrogen (secondary N) is 2. The number of nitrogens with zero attached hydrogens (tertiary/aromatic N) is 1. The van der Waals surface area contributed by atoms with E-state index in [0.717, 1.165) is 5.56 Å². The smallest absolute Gasteiger partial charge is 0.241 e. The Morgan fingerprint density at radius 2 is 2.04 bits per heavy atom. The van der Waals surface area contributed by atoms with E-state index < -0.39 is 0 Å². The topological polar surface area (TPSA) is 80.3 Å². The maximum atomic E-state index is 12.2. The molecule has 6 nitrogen and oxygen atoms in total. The number of ketones is 1. The van der Waals surface area contributed by atoms with E-state index in [1.807, 2.05) is 30.3 Å². The van der Waals surface area contributed by atoms with Crippen molar-refractivity contribution in [3.8, 4) is 5.88 Å². The van der Waals surface area contributed by atoms with Crippen LogP contribution in [0.4, 0.5) is 5.69 Å². The lowest BCUT2D eigenvalue weighted by atomic mass is 10.0. The number of carbonyl (C=O) groups excluding carboxylic acids is 2. The van der Waals surface area contributed by atoms with Gasteiger partial charge in [-0.1, -0.05) is 30.3 Å². The molecule has 2 atom stereocenters. The fourth-order valence-corrected chi connectivity index (χ4v) is 2.75. The quantitative estimate of drug-likeness (QED) is 0.843. The summed E-state index contributed by atoms with van der Waals surface area (Å²) in [5.74, 6) is 0.382. The van der Waals surface area contributed by atoms with E-state index in [9.17, 15) is 9.59 Å². The highest BCUT2D eigenvalue weighted by Gasteiger charge is 2.31. The highest BCUT2D eigenvalue weighted by molar-refractivity contribution is 5.95. The molecule has 25 heavy (non-hydrogen) atoms. The molecule has 1 saturated heterocycles. The molecular formula is C19H21N3O3. The SMILES string of the molecule is CC(=O)C1CNC(C(=O)Nc2ccc(OCc3ccccc3)nc2)C1. The van der Waals surface area contributed by atoms with Crippen LogP contribution >= 0.6 is 0 Å². The lowest BCUT2D eigenvalue weighted by molar-refractivity contribution is -0.120. The molecule has 2 N–H and O–H groups in total. The van der Waals surface area contributed by atoms with Gasteiger partial charge in [0.05, 0.1) is 17.9 Å². The summed E-state index contributed by atoms with van der Waals surface area (Å²) in [4.78, 5) is 27.8. The van der Waals surface area contributed by atoms with Crippen LogP contribution < -0.4 is 15.4 Å². The Hall–Kier alpha value is -2.73. The summed E-state index contributed by atoms with van der Waals surface area (Å²) < 4.78 is 5.62. The van der Waals surface area contributed by atoms with Crippen molar-refractivity contribution in [3.63, 3.8) is 0 Å². The van der Waals surface area contributed by atoms with Crippen LogP contribution in [0.25, 0.3) is 0 Å². The van der Waals surface area contributed by atoms with Crippen LogP contribution in [0.15, 0.2) is 48.7 Å². The van der Waals surface area contributed by atoms with Gasteiger partial charge in [-0.25, -0.2) is 4.98 Å². The van der Waals surface area contributed by atoms with Gasteiger partial charge in [-0.3, -0.25) is 9.59 Å². The summed E-state index contributed by atoms with van der Waals surface area (Å²) in [7, 11) is 0. The number of aromatic nitrogens is 1. The monoisotopic (exact) mass is 339 g/mol. The van der Waals surface area contributed by atoms with Gasteiger partial charge in [-0.15, -0.1) is 0 Å². The van der Waals surface area contributed by atoms with Crippen molar-refractivity contribution in [2.24, 2.45) is 5.92 Å². The molecule has 0 spiro atoms. The first-order chi connectivity index (χ1) is 12.1. The number of ether oxygens (including phenoxy) is 1. The molecule has 2 aromatic rings. The van der Waals surface area contributed by atoms with Crippen LogP contribution in [0.2, 0.25) is 0 Å². The standard InChI is InChI=1S/C19H21N3O3/c1-13(23)15-9-17(20-10-15)19(24)22-16-7-8-18(21-11-16)25-12-14-5-3-2-4-6-14/h2-8,11,15,17,20H,9-10,12H2,1H3,(H,22,24). The van der Waals surface area contributed by atoms with E-state index in [2.05, 4.69) is 15.6 Å². The molecule has 1 aromatic carbocycles. The predicted octanol–water partition coefficient (Wildman–Crippen LogP) is 2.17. The van der Waals surface area contributed by atoms with E-state index in [-0.39, 0.29) is 23.7 Å². The molecule has 0 bridgehead atoms. The van der Waals surface area contributed by atoms with E-state index in [1.54, 1.807) is 25.3 Å². The summed E-state index contributed by atoms with van der Waals surface area (Å²) in [6, 6.07) is 13.0. The van der Waals surface area contributed by atoms with Crippen molar-refractivity contribution in [3.05, 3.63) is 54.2 Å². The molecule has 1 aliphatic rings. The van der Waals surface area contributed by atoms with Crippen molar-refractivity contribution in [2.75, 3.05) is 11.9 Å². The molecule has 3 rings (SSSR count). The number of hydrogen-bond donors (Lipinski definition) is 2. The Labute approximate surface area is 146 Å². The van der Waals surface area contributed by atoms with Crippen LogP contribution in [0, 0.1) is 5.92 Å². The zero-order chi connectivity index (χ0) is 17.6. The fraction of sp³-hybridized carbons (Fsp3) is 0.316. The molecule has 2 heterocycles. The summed E-state index contributed by atoms with van der Waals surface area (Å²) in [6.07, 6.45) is 2.10. The summed E-state index contributed by atoms with van der Waals surface area (Å²) in [5, 5.41) is 5.89. The Morgan fingerprint density at radius 1 is 1.24 bits per heavy atom. The van der Waals surface area contributed by atoms with Crippen LogP contribution in [0.3, 0.4) is 0 Å². The molecule has 0 radical (unpaired) electrons. The Balaban J connectivity index is 1.50. The van der Waals surface area contributed by atoms with Crippen molar-refractivity contribution >= 4 is 17.4 Å². The largest absolute Gasteiger partial charge is 0.473 e. The number of benzene rings is 1. The maximum Gasteiger partial charge on any atom is 0.241 e.